The van der Waals surface area contributed by atoms with Crippen molar-refractivity contribution in [1.82, 2.24) is 15.0 Å². The predicted molar refractivity (Wildman–Crippen MR) is 204 cm³/mol. The number of azo groups is 1. The Kier molecular flexibility index (Phi) is 24.0. The summed E-state index contributed by atoms with van der Waals surface area (Å²) < 4.78 is 220. The molecule has 0 radical (unpaired) electrons. The molecule has 0 atom stereocenters. The third-order valence-electron chi connectivity index (χ3n) is 8.28. The van der Waals surface area contributed by atoms with Crippen molar-refractivity contribution in [2.24, 2.45) is 15.2 Å². The van der Waals surface area contributed by atoms with Gasteiger partial charge >= 0.3 is 158 Å². The molecule has 38 heteroatoms. The Morgan fingerprint density at radius 3 is 1.83 bits per heavy atom. The molecule has 1 heterocycles. The monoisotopic (exact) mass is 1120 g/mol. The molecule has 0 unspecified atom stereocenters. The molecular weight excluding hydrogens is 1100 g/mol. The fourth-order valence-corrected chi connectivity index (χ4v) is 9.89. The maximum Gasteiger partial charge on any atom is 1.00 e. The molecule has 6 rings (SSSR count). The Labute approximate surface area is 500 Å². The molecular formula is C31H19FN7Na5O19S6. The van der Waals surface area contributed by atoms with Crippen LogP contribution in [0, 0.1) is 6.08 Å². The summed E-state index contributed by atoms with van der Waals surface area (Å²) in [7, 11) is -31.4. The molecule has 0 bridgehead atoms. The zero-order valence-corrected chi connectivity index (χ0v) is 50.6. The van der Waals surface area contributed by atoms with Crippen molar-refractivity contribution in [1.29, 1.82) is 0 Å². The number of fused-ring (bicyclic) bond motifs is 2. The van der Waals surface area contributed by atoms with Crippen LogP contribution >= 0.6 is 0 Å². The van der Waals surface area contributed by atoms with Gasteiger partial charge in [0.05, 0.1) is 48.2 Å². The van der Waals surface area contributed by atoms with Crippen LogP contribution in [0.3, 0.4) is 0 Å². The largest absolute Gasteiger partial charge is 1.00 e. The van der Waals surface area contributed by atoms with Gasteiger partial charge in [-0.05, 0) is 60.0 Å². The molecule has 1 aromatic heterocycles. The molecule has 0 aliphatic rings. The summed E-state index contributed by atoms with van der Waals surface area (Å²) in [6.45, 7) is -0.928. The Bertz CT molecular complexity index is 3770. The first kappa shape index (κ1) is 66.0. The molecule has 6 aromatic rings. The summed E-state index contributed by atoms with van der Waals surface area (Å²) in [6, 6.07) is 9.62. The zero-order chi connectivity index (χ0) is 47.4. The van der Waals surface area contributed by atoms with E-state index in [1.54, 1.807) is 0 Å². The van der Waals surface area contributed by atoms with E-state index in [4.69, 9.17) is 4.55 Å². The van der Waals surface area contributed by atoms with Crippen LogP contribution in [0.15, 0.2) is 112 Å². The average Bonchev–Trinajstić information content (AvgIpc) is 3.14. The van der Waals surface area contributed by atoms with Gasteiger partial charge in [-0.2, -0.15) is 22.8 Å². The third-order valence-corrected chi connectivity index (χ3v) is 13.9. The summed E-state index contributed by atoms with van der Waals surface area (Å²) >= 11 is 0. The predicted octanol–water partition coefficient (Wildman–Crippen LogP) is -14.1. The Morgan fingerprint density at radius 2 is 1.28 bits per heavy atom. The second-order valence-electron chi connectivity index (χ2n) is 12.5. The van der Waals surface area contributed by atoms with Crippen molar-refractivity contribution < 1.29 is 235 Å². The van der Waals surface area contributed by atoms with E-state index in [9.17, 15) is 78.2 Å². The number of aromatic nitrogens is 3. The standard InChI is InChI=1S/C31H24FN7O19S6.5Na/c32-29-35-30(33-16-4-6-17(7-5-16)59(41,42)11-10-58-64(55,56)57)37-31(36-29)34-22-14-18(60(43,44)45)12-15-13-24(62(49,50)51)26(27(40)25(15)22)39-38-21-9-8-19-20(28(21)63(52,53)54)2-1-3-23(19)61(46,47)48;;;;;/h1-9,12-14,40H,10-11H2,(H,43,44,45)(H,46,47,48)(H,49,50,51)(H,52,53,54)(H,55,56,57)(H2,33,34,35,36,37);;;;;/q;5*+1/p-5. The molecule has 0 fully saturated rings. The molecule has 26 nitrogen and oxygen atoms in total. The second kappa shape index (κ2) is 25.0. The average molecular weight is 1120 g/mol. The minimum absolute atomic E-state index is 0. The van der Waals surface area contributed by atoms with Crippen LogP contribution in [-0.4, -0.2) is 101 Å². The molecule has 0 saturated carbocycles. The Balaban J connectivity index is 0.00000476. The molecule has 69 heavy (non-hydrogen) atoms. The molecule has 0 spiro atoms. The summed E-state index contributed by atoms with van der Waals surface area (Å²) in [5.41, 5.74) is -4.16. The maximum atomic E-state index is 14.8. The van der Waals surface area contributed by atoms with Crippen LogP contribution in [0.1, 0.15) is 0 Å². The minimum atomic E-state index is -5.83. The molecule has 0 amide bonds. The van der Waals surface area contributed by atoms with Crippen molar-refractivity contribution in [2.75, 3.05) is 17.7 Å². The molecule has 0 aliphatic heterocycles. The Hall–Kier alpha value is -0.980. The minimum Gasteiger partial charge on any atom is -0.870 e. The van der Waals surface area contributed by atoms with E-state index in [1.165, 1.54) is 0 Å². The number of nitrogens with one attached hydrogen (secondary N) is 2. The van der Waals surface area contributed by atoms with Crippen LogP contribution in [-0.2, 0) is 64.9 Å². The Morgan fingerprint density at radius 1 is 0.667 bits per heavy atom. The first-order chi connectivity index (χ1) is 29.4. The van der Waals surface area contributed by atoms with Gasteiger partial charge in [0.25, 0.3) is 6.08 Å². The van der Waals surface area contributed by atoms with Gasteiger partial charge in [-0.3, -0.25) is 9.54 Å². The van der Waals surface area contributed by atoms with E-state index in [0.29, 0.717) is 24.3 Å². The molecule has 0 saturated heterocycles. The summed E-state index contributed by atoms with van der Waals surface area (Å²) in [5.74, 6) is -3.16. The maximum absolute atomic E-state index is 14.8. The van der Waals surface area contributed by atoms with Crippen LogP contribution in [0.4, 0.5) is 33.1 Å². The number of aromatic amines is 1. The number of benzene rings is 5. The van der Waals surface area contributed by atoms with E-state index in [2.05, 4.69) is 34.7 Å². The normalized spacial score (nSPS) is 12.6. The first-order valence-electron chi connectivity index (χ1n) is 16.5. The fraction of sp³-hybridized carbons (Fsp3) is 0.0645. The molecule has 5 aromatic carbocycles. The second-order valence-corrected chi connectivity index (χ2v) is 21.1. The summed E-state index contributed by atoms with van der Waals surface area (Å²) in [6.07, 6.45) is -1.47. The van der Waals surface area contributed by atoms with Crippen molar-refractivity contribution in [3.63, 3.8) is 0 Å². The number of nitrogens with zero attached hydrogens (tertiary/aromatic N) is 5. The van der Waals surface area contributed by atoms with Gasteiger partial charge in [0.1, 0.15) is 46.2 Å². The van der Waals surface area contributed by atoms with Crippen LogP contribution in [0.25, 0.3) is 21.5 Å². The van der Waals surface area contributed by atoms with Crippen molar-refractivity contribution >= 4 is 111 Å². The van der Waals surface area contributed by atoms with E-state index in [1.807, 2.05) is 4.98 Å². The van der Waals surface area contributed by atoms with Gasteiger partial charge in [-0.25, -0.2) is 51.3 Å². The number of rotatable bonds is 14. The van der Waals surface area contributed by atoms with E-state index in [0.717, 1.165) is 48.5 Å². The van der Waals surface area contributed by atoms with Gasteiger partial charge in [0.2, 0.25) is 11.6 Å². The fourth-order valence-electron chi connectivity index (χ4n) is 5.73. The van der Waals surface area contributed by atoms with Crippen molar-refractivity contribution in [2.45, 2.75) is 24.5 Å². The number of anilines is 2. The first-order valence-corrected chi connectivity index (χ1v) is 25.1. The van der Waals surface area contributed by atoms with Crippen LogP contribution < -0.4 is 164 Å². The SMILES string of the molecule is O=S(=O)(O)OCCS(=O)(=O)c1ccc(Nc2nc(F)[nH]c(=Nc3cc(S(=O)(=O)[O-])cc4cc(S(=O)(=O)[O-])c(N=Nc5ccc6c(S(=O)(=O)[O-])cccc6c5S(=O)(=O)[O-])c([O-])c34)n2)cc1.[Na+].[Na+].[Na+].[Na+].[Na+]. The molecule has 340 valence electrons. The number of hydrogen-bond donors (Lipinski definition) is 3. The quantitative estimate of drug-likeness (QED) is 0.0518. The molecule has 3 N–H and O–H groups in total. The topological polar surface area (TPSA) is 440 Å². The third kappa shape index (κ3) is 16.5. The van der Waals surface area contributed by atoms with Gasteiger partial charge < -0.3 is 28.6 Å². The van der Waals surface area contributed by atoms with Gasteiger partial charge in [-0.1, -0.05) is 23.9 Å². The van der Waals surface area contributed by atoms with E-state index in [-0.39, 0.29) is 158 Å². The molecule has 0 aliphatic carbocycles. The van der Waals surface area contributed by atoms with Crippen LogP contribution in [0.5, 0.6) is 5.75 Å². The van der Waals surface area contributed by atoms with Crippen molar-refractivity contribution in [3.8, 4) is 5.75 Å². The van der Waals surface area contributed by atoms with Gasteiger partial charge in [-0.15, -0.1) is 10.2 Å². The smallest absolute Gasteiger partial charge is 0.870 e. The zero-order valence-electron chi connectivity index (χ0n) is 35.7. The summed E-state index contributed by atoms with van der Waals surface area (Å²) in [4.78, 5) is 7.76. The number of H-pyrrole nitrogens is 1. The van der Waals surface area contributed by atoms with Crippen LogP contribution in [0.2, 0.25) is 0 Å². The van der Waals surface area contributed by atoms with Gasteiger partial charge in [0.15, 0.2) is 9.84 Å². The summed E-state index contributed by atoms with van der Waals surface area (Å²) in [5, 5.41) is 20.6. The number of sulfone groups is 1. The van der Waals surface area contributed by atoms with E-state index < -0.39 is 155 Å². The number of hydrogen-bond acceptors (Lipinski definition) is 24. The van der Waals surface area contributed by atoms with Gasteiger partial charge in [0, 0.05) is 21.8 Å². The van der Waals surface area contributed by atoms with E-state index >= 15 is 0 Å². The van der Waals surface area contributed by atoms with Crippen molar-refractivity contribution in [3.05, 3.63) is 84.5 Å². The number of halogens is 1.